The quantitative estimate of drug-likeness (QED) is 0.230. The fraction of sp³-hybridized carbons (Fsp3) is 0.444. The fourth-order valence-corrected chi connectivity index (χ4v) is 7.32. The summed E-state index contributed by atoms with van der Waals surface area (Å²) in [5.41, 5.74) is 5.70. The van der Waals surface area contributed by atoms with E-state index in [0.29, 0.717) is 5.82 Å². The fourth-order valence-electron chi connectivity index (χ4n) is 4.38. The van der Waals surface area contributed by atoms with E-state index in [1.807, 2.05) is 39.4 Å². The van der Waals surface area contributed by atoms with E-state index in [-0.39, 0.29) is 0 Å². The predicted octanol–water partition coefficient (Wildman–Crippen LogP) is 5.78. The van der Waals surface area contributed by atoms with Crippen LogP contribution in [0.2, 0.25) is 0 Å². The van der Waals surface area contributed by atoms with Gasteiger partial charge in [-0.25, -0.2) is 18.5 Å². The maximum atomic E-state index is 13.4. The summed E-state index contributed by atoms with van der Waals surface area (Å²) in [4.78, 5) is 9.68. The number of thiophene rings is 1. The standard InChI is InChI=1S/C25H32N8OS2.C2H6/c1-4-9-32(10-5-2)36(34)25-17(3)11-22(35-25)31-23-24-27-15-21(19-13-28-29-14-19)33(24)16-20(30-23)18-7-6-8-26-12-18;1-2/h7,11,13-16,26H,4-6,8-10,12H2,1-3H3,(H,28,29)(H,30,31);1-2H3. The number of imidazole rings is 1. The number of H-pyrrole nitrogens is 1. The Morgan fingerprint density at radius 2 is 2.00 bits per heavy atom. The average Bonchev–Trinajstić information content (AvgIpc) is 3.70. The predicted molar refractivity (Wildman–Crippen MR) is 158 cm³/mol. The summed E-state index contributed by atoms with van der Waals surface area (Å²) in [6.45, 7) is 13.7. The highest BCUT2D eigenvalue weighted by atomic mass is 32.2. The maximum Gasteiger partial charge on any atom is 0.181 e. The van der Waals surface area contributed by atoms with Gasteiger partial charge >= 0.3 is 0 Å². The molecule has 0 radical (unpaired) electrons. The van der Waals surface area contributed by atoms with Crippen LogP contribution in [-0.2, 0) is 11.0 Å². The van der Waals surface area contributed by atoms with Gasteiger partial charge in [-0.3, -0.25) is 9.50 Å². The first kappa shape index (κ1) is 28.2. The van der Waals surface area contributed by atoms with Gasteiger partial charge in [-0.1, -0.05) is 33.8 Å². The zero-order valence-electron chi connectivity index (χ0n) is 22.9. The van der Waals surface area contributed by atoms with Gasteiger partial charge in [0.2, 0.25) is 0 Å². The highest BCUT2D eigenvalue weighted by Crippen LogP contribution is 2.34. The Morgan fingerprint density at radius 1 is 1.21 bits per heavy atom. The van der Waals surface area contributed by atoms with Gasteiger partial charge in [-0.15, -0.1) is 11.3 Å². The van der Waals surface area contributed by atoms with Gasteiger partial charge in [0.15, 0.2) is 11.5 Å². The summed E-state index contributed by atoms with van der Waals surface area (Å²) < 4.78 is 18.4. The molecule has 3 N–H and O–H groups in total. The molecule has 0 aromatic carbocycles. The van der Waals surface area contributed by atoms with Gasteiger partial charge in [0.05, 0.1) is 28.8 Å². The number of rotatable bonds is 10. The highest BCUT2D eigenvalue weighted by Gasteiger charge is 2.21. The number of aromatic amines is 1. The van der Waals surface area contributed by atoms with Crippen LogP contribution in [-0.4, -0.2) is 59.3 Å². The molecular formula is C27H38N8OS2. The Balaban J connectivity index is 0.00000164. The van der Waals surface area contributed by atoms with Crippen molar-refractivity contribution in [3.8, 4) is 11.3 Å². The summed E-state index contributed by atoms with van der Waals surface area (Å²) in [6, 6.07) is 2.06. The Kier molecular flexibility index (Phi) is 9.84. The van der Waals surface area contributed by atoms with Crippen molar-refractivity contribution in [2.45, 2.75) is 58.1 Å². The van der Waals surface area contributed by atoms with E-state index >= 15 is 0 Å². The first-order valence-corrected chi connectivity index (χ1v) is 15.3. The molecule has 0 amide bonds. The second-order valence-corrected chi connectivity index (χ2v) is 11.6. The lowest BCUT2D eigenvalue weighted by atomic mass is 10.1. The Morgan fingerprint density at radius 3 is 2.66 bits per heavy atom. The van der Waals surface area contributed by atoms with Crippen LogP contribution in [0.15, 0.2) is 41.1 Å². The molecule has 0 aliphatic carbocycles. The lowest BCUT2D eigenvalue weighted by Crippen LogP contribution is -2.27. The molecule has 0 bridgehead atoms. The second-order valence-electron chi connectivity index (χ2n) is 8.88. The number of nitrogens with zero attached hydrogens (tertiary/aromatic N) is 5. The van der Waals surface area contributed by atoms with Crippen molar-refractivity contribution in [3.05, 3.63) is 48.2 Å². The first-order valence-electron chi connectivity index (χ1n) is 13.4. The van der Waals surface area contributed by atoms with Gasteiger partial charge in [0.25, 0.3) is 0 Å². The largest absolute Gasteiger partial charge is 0.329 e. The van der Waals surface area contributed by atoms with Gasteiger partial charge in [-0.2, -0.15) is 5.10 Å². The van der Waals surface area contributed by atoms with Crippen LogP contribution < -0.4 is 10.6 Å². The monoisotopic (exact) mass is 554 g/mol. The van der Waals surface area contributed by atoms with E-state index in [1.165, 1.54) is 11.3 Å². The van der Waals surface area contributed by atoms with Crippen LogP contribution in [0, 0.1) is 6.92 Å². The third kappa shape index (κ3) is 6.06. The summed E-state index contributed by atoms with van der Waals surface area (Å²) >= 11 is 1.53. The van der Waals surface area contributed by atoms with Crippen LogP contribution in [0.4, 0.5) is 10.8 Å². The van der Waals surface area contributed by atoms with Crippen molar-refractivity contribution in [3.63, 3.8) is 0 Å². The molecule has 0 saturated heterocycles. The zero-order valence-corrected chi connectivity index (χ0v) is 24.5. The molecule has 1 atom stereocenters. The number of aromatic nitrogens is 5. The summed E-state index contributed by atoms with van der Waals surface area (Å²) in [7, 11) is -1.18. The highest BCUT2D eigenvalue weighted by molar-refractivity contribution is 7.85. The molecule has 0 spiro atoms. The topological polar surface area (TPSA) is 103 Å². The third-order valence-electron chi connectivity index (χ3n) is 6.10. The molecule has 1 aliphatic heterocycles. The molecule has 1 unspecified atom stereocenters. The number of anilines is 2. The van der Waals surface area contributed by atoms with E-state index in [2.05, 4.69) is 55.5 Å². The molecule has 4 aromatic heterocycles. The number of nitrogens with one attached hydrogen (secondary N) is 3. The normalized spacial score (nSPS) is 14.3. The van der Waals surface area contributed by atoms with Crippen LogP contribution >= 0.6 is 11.3 Å². The Labute approximate surface area is 231 Å². The van der Waals surface area contributed by atoms with Crippen LogP contribution in [0.5, 0.6) is 0 Å². The number of fused-ring (bicyclic) bond motifs is 1. The van der Waals surface area contributed by atoms with Crippen molar-refractivity contribution in [2.75, 3.05) is 31.5 Å². The van der Waals surface area contributed by atoms with E-state index < -0.39 is 11.0 Å². The minimum absolute atomic E-state index is 0.672. The molecule has 9 nitrogen and oxygen atoms in total. The smallest absolute Gasteiger partial charge is 0.181 e. The summed E-state index contributed by atoms with van der Waals surface area (Å²) in [5.74, 6) is 0.672. The van der Waals surface area contributed by atoms with Crippen molar-refractivity contribution >= 4 is 44.4 Å². The molecule has 204 valence electrons. The maximum absolute atomic E-state index is 13.4. The number of hydrogen-bond acceptors (Lipinski definition) is 7. The molecule has 38 heavy (non-hydrogen) atoms. The second kappa shape index (κ2) is 13.3. The van der Waals surface area contributed by atoms with Crippen molar-refractivity contribution in [2.24, 2.45) is 0 Å². The van der Waals surface area contributed by atoms with Crippen LogP contribution in [0.1, 0.15) is 58.2 Å². The summed E-state index contributed by atoms with van der Waals surface area (Å²) in [6.07, 6.45) is 12.7. The summed E-state index contributed by atoms with van der Waals surface area (Å²) in [5, 5.41) is 14.8. The van der Waals surface area contributed by atoms with Crippen molar-refractivity contribution < 1.29 is 4.21 Å². The third-order valence-corrected chi connectivity index (χ3v) is 9.19. The molecule has 5 heterocycles. The van der Waals surface area contributed by atoms with Gasteiger partial charge in [0.1, 0.15) is 15.2 Å². The zero-order chi connectivity index (χ0) is 27.1. The lowest BCUT2D eigenvalue weighted by molar-refractivity contribution is 0.443. The molecule has 5 rings (SSSR count). The van der Waals surface area contributed by atoms with Crippen LogP contribution in [0.25, 0.3) is 22.5 Å². The molecule has 1 aliphatic rings. The minimum Gasteiger partial charge on any atom is -0.329 e. The number of hydrogen-bond donors (Lipinski definition) is 3. The number of aryl methyl sites for hydroxylation is 1. The van der Waals surface area contributed by atoms with E-state index in [0.717, 1.165) is 88.4 Å². The Bertz CT molecular complexity index is 1380. The SMILES string of the molecule is CC.CCCN(CCC)S(=O)c1sc(Nc2nc(C3=CCCNC3)cn3c(-c4cn[nH]c4)cnc23)cc1C. The molecule has 0 fully saturated rings. The molecular weight excluding hydrogens is 516 g/mol. The lowest BCUT2D eigenvalue weighted by Gasteiger charge is -2.19. The average molecular weight is 555 g/mol. The van der Waals surface area contributed by atoms with E-state index in [4.69, 9.17) is 9.97 Å². The van der Waals surface area contributed by atoms with E-state index in [1.54, 1.807) is 6.20 Å². The van der Waals surface area contributed by atoms with Gasteiger partial charge in [-0.05, 0) is 49.9 Å². The minimum atomic E-state index is -1.18. The molecule has 11 heteroatoms. The first-order chi connectivity index (χ1) is 18.6. The van der Waals surface area contributed by atoms with E-state index in [9.17, 15) is 4.21 Å². The molecule has 0 saturated carbocycles. The van der Waals surface area contributed by atoms with Crippen LogP contribution in [0.3, 0.4) is 0 Å². The van der Waals surface area contributed by atoms with Crippen molar-refractivity contribution in [1.82, 2.24) is 34.2 Å². The van der Waals surface area contributed by atoms with Crippen molar-refractivity contribution in [1.29, 1.82) is 0 Å². The Hall–Kier alpha value is -2.86. The van der Waals surface area contributed by atoms with Gasteiger partial charge in [0, 0.05) is 37.6 Å². The molecule has 4 aromatic rings. The van der Waals surface area contributed by atoms with Gasteiger partial charge < -0.3 is 10.6 Å².